The van der Waals surface area contributed by atoms with Gasteiger partial charge in [0.1, 0.15) is 11.5 Å². The molecule has 4 heterocycles. The molecule has 0 unspecified atom stereocenters. The van der Waals surface area contributed by atoms with Crippen LogP contribution in [0.15, 0.2) is 140 Å². The molecular weight excluding hydrogens is 693 g/mol. The minimum Gasteiger partial charge on any atom is -0.309 e. The maximum Gasteiger partial charge on any atom is 0.148 e. The number of nitrogens with zero attached hydrogens (tertiary/aromatic N) is 4. The van der Waals surface area contributed by atoms with E-state index < -0.39 is 0 Å². The fraction of sp³-hybridized carbons (Fsp3) is 0.170. The highest BCUT2D eigenvalue weighted by Gasteiger charge is 2.36. The van der Waals surface area contributed by atoms with Crippen molar-refractivity contribution in [3.8, 4) is 39.1 Å². The molecule has 10 aromatic rings. The minimum absolute atomic E-state index is 0.217. The van der Waals surface area contributed by atoms with Gasteiger partial charge in [-0.05, 0) is 119 Å². The summed E-state index contributed by atoms with van der Waals surface area (Å²) in [4.78, 5) is 10.9. The molecule has 0 fully saturated rings. The highest BCUT2D eigenvalue weighted by Crippen LogP contribution is 2.50. The number of para-hydroxylation sites is 1. The molecule has 0 bridgehead atoms. The van der Waals surface area contributed by atoms with Crippen molar-refractivity contribution in [2.45, 2.75) is 59.3 Å². The Kier molecular flexibility index (Phi) is 6.97. The number of rotatable bonds is 3. The van der Waals surface area contributed by atoms with Crippen molar-refractivity contribution in [2.24, 2.45) is 0 Å². The first-order chi connectivity index (χ1) is 27.5. The maximum absolute atomic E-state index is 5.57. The average molecular weight is 737 g/mol. The number of aromatic nitrogens is 4. The van der Waals surface area contributed by atoms with E-state index in [9.17, 15) is 0 Å². The number of hydrogen-bond donors (Lipinski definition) is 0. The second-order valence-electron chi connectivity index (χ2n) is 17.7. The summed E-state index contributed by atoms with van der Waals surface area (Å²) in [6.45, 7) is 15.9. The van der Waals surface area contributed by atoms with Gasteiger partial charge in [0.25, 0.3) is 0 Å². The predicted molar refractivity (Wildman–Crippen MR) is 239 cm³/mol. The Morgan fingerprint density at radius 2 is 1.19 bits per heavy atom. The molecule has 11 rings (SSSR count). The van der Waals surface area contributed by atoms with E-state index in [1.54, 1.807) is 0 Å². The summed E-state index contributed by atoms with van der Waals surface area (Å²) in [5.74, 6) is 1.01. The van der Waals surface area contributed by atoms with Gasteiger partial charge in [0.15, 0.2) is 0 Å². The molecule has 0 saturated carbocycles. The molecule has 4 nitrogen and oxygen atoms in total. The first-order valence-corrected chi connectivity index (χ1v) is 20.1. The first-order valence-electron chi connectivity index (χ1n) is 20.1. The summed E-state index contributed by atoms with van der Waals surface area (Å²) in [5, 5.41) is 3.62. The monoisotopic (exact) mass is 736 g/mol. The second kappa shape index (κ2) is 11.8. The van der Waals surface area contributed by atoms with E-state index in [0.29, 0.717) is 0 Å². The van der Waals surface area contributed by atoms with Crippen molar-refractivity contribution in [3.63, 3.8) is 0 Å². The lowest BCUT2D eigenvalue weighted by atomic mass is 9.73. The van der Waals surface area contributed by atoms with Crippen LogP contribution in [0.2, 0.25) is 0 Å². The Morgan fingerprint density at radius 1 is 0.526 bits per heavy atom. The van der Waals surface area contributed by atoms with Crippen LogP contribution in [0.25, 0.3) is 88.5 Å². The summed E-state index contributed by atoms with van der Waals surface area (Å²) in [5.41, 5.74) is 19.7. The molecule has 0 spiro atoms. The largest absolute Gasteiger partial charge is 0.309 e. The quantitative estimate of drug-likeness (QED) is 0.181. The molecule has 0 amide bonds. The van der Waals surface area contributed by atoms with E-state index in [-0.39, 0.29) is 10.8 Å². The normalized spacial score (nSPS) is 13.7. The molecule has 0 saturated heterocycles. The number of benzene rings is 7. The van der Waals surface area contributed by atoms with Gasteiger partial charge in [-0.3, -0.25) is 4.40 Å². The van der Waals surface area contributed by atoms with Crippen LogP contribution in [0.5, 0.6) is 0 Å². The Labute approximate surface area is 333 Å². The van der Waals surface area contributed by atoms with Crippen molar-refractivity contribution in [3.05, 3.63) is 168 Å². The van der Waals surface area contributed by atoms with Gasteiger partial charge in [-0.25, -0.2) is 9.97 Å². The first kappa shape index (κ1) is 33.8. The minimum atomic E-state index is -0.292. The number of fused-ring (bicyclic) bond motifs is 10. The van der Waals surface area contributed by atoms with E-state index in [2.05, 4.69) is 197 Å². The van der Waals surface area contributed by atoms with Crippen molar-refractivity contribution < 1.29 is 0 Å². The molecule has 276 valence electrons. The highest BCUT2D eigenvalue weighted by molar-refractivity contribution is 6.14. The third-order valence-electron chi connectivity index (χ3n) is 12.6. The lowest BCUT2D eigenvalue weighted by Gasteiger charge is -2.35. The second-order valence-corrected chi connectivity index (χ2v) is 17.7. The van der Waals surface area contributed by atoms with Gasteiger partial charge >= 0.3 is 0 Å². The van der Waals surface area contributed by atoms with Crippen molar-refractivity contribution >= 4 is 49.4 Å². The molecule has 0 aliphatic carbocycles. The number of aryl methyl sites for hydroxylation is 2. The van der Waals surface area contributed by atoms with Crippen LogP contribution in [-0.4, -0.2) is 18.9 Å². The number of imidazole rings is 1. The molecular formula is C53H44N4. The van der Waals surface area contributed by atoms with E-state index in [1.807, 2.05) is 0 Å². The zero-order valence-corrected chi connectivity index (χ0v) is 33.6. The summed E-state index contributed by atoms with van der Waals surface area (Å²) in [6.07, 6.45) is 0. The Bertz CT molecular complexity index is 3300. The summed E-state index contributed by atoms with van der Waals surface area (Å²) in [6, 6.07) is 51.6. The zero-order valence-electron chi connectivity index (χ0n) is 33.6. The third kappa shape index (κ3) is 4.86. The van der Waals surface area contributed by atoms with E-state index >= 15 is 0 Å². The van der Waals surface area contributed by atoms with Gasteiger partial charge in [-0.2, -0.15) is 0 Å². The molecule has 1 aliphatic rings. The van der Waals surface area contributed by atoms with Crippen molar-refractivity contribution in [1.29, 1.82) is 0 Å². The Hall–Kier alpha value is -6.52. The van der Waals surface area contributed by atoms with E-state index in [1.165, 1.54) is 72.0 Å². The molecule has 3 aromatic heterocycles. The highest BCUT2D eigenvalue weighted by atomic mass is 15.1. The van der Waals surface area contributed by atoms with Gasteiger partial charge in [-0.15, -0.1) is 0 Å². The van der Waals surface area contributed by atoms with Crippen LogP contribution in [0.3, 0.4) is 0 Å². The topological polar surface area (TPSA) is 35.1 Å². The van der Waals surface area contributed by atoms with Crippen LogP contribution >= 0.6 is 0 Å². The zero-order chi connectivity index (χ0) is 39.0. The van der Waals surface area contributed by atoms with E-state index in [0.717, 1.165) is 44.5 Å². The SMILES string of the molecule is Cc1cc2nc3c4cccc(-c5ccc6c(c5)C(C)(C)c5cc(-c7ccccc7)cc7c8cc(-c9ccccc9)ccc8n-6c57)c4nc(C(C)(C)C)n3c2cc1C. The van der Waals surface area contributed by atoms with Gasteiger partial charge in [-0.1, -0.05) is 120 Å². The van der Waals surface area contributed by atoms with Crippen LogP contribution in [0, 0.1) is 13.8 Å². The van der Waals surface area contributed by atoms with Crippen LogP contribution in [0.4, 0.5) is 0 Å². The fourth-order valence-electron chi connectivity index (χ4n) is 9.49. The summed E-state index contributed by atoms with van der Waals surface area (Å²) < 4.78 is 4.83. The van der Waals surface area contributed by atoms with Gasteiger partial charge < -0.3 is 4.57 Å². The predicted octanol–water partition coefficient (Wildman–Crippen LogP) is 13.7. The Morgan fingerprint density at radius 3 is 1.93 bits per heavy atom. The van der Waals surface area contributed by atoms with Crippen LogP contribution in [0.1, 0.15) is 62.7 Å². The molecule has 0 N–H and O–H groups in total. The van der Waals surface area contributed by atoms with Gasteiger partial charge in [0.2, 0.25) is 0 Å². The van der Waals surface area contributed by atoms with Crippen molar-refractivity contribution in [2.75, 3.05) is 0 Å². The van der Waals surface area contributed by atoms with Crippen molar-refractivity contribution in [1.82, 2.24) is 18.9 Å². The van der Waals surface area contributed by atoms with Crippen LogP contribution < -0.4 is 0 Å². The average Bonchev–Trinajstić information content (AvgIpc) is 3.75. The lowest BCUT2D eigenvalue weighted by Crippen LogP contribution is -2.26. The Balaban J connectivity index is 1.18. The smallest absolute Gasteiger partial charge is 0.148 e. The van der Waals surface area contributed by atoms with Gasteiger partial charge in [0, 0.05) is 32.6 Å². The summed E-state index contributed by atoms with van der Waals surface area (Å²) >= 11 is 0. The van der Waals surface area contributed by atoms with E-state index in [4.69, 9.17) is 9.97 Å². The lowest BCUT2D eigenvalue weighted by molar-refractivity contribution is 0.542. The standard InChI is InChI=1S/C53H44N4/c1-31-25-44-47(26-32(31)2)57-50(54-44)39-20-14-19-38(48(39)55-51(57)52(3,4)5)36-22-24-46-42(29-36)53(6,7)43-30-37(34-17-12-9-13-18-34)28-41-40-27-35(33-15-10-8-11-16-33)21-23-45(40)56(46)49(41)43/h8-30H,1-7H3. The number of hydrogen-bond acceptors (Lipinski definition) is 2. The molecule has 57 heavy (non-hydrogen) atoms. The molecule has 4 heteroatoms. The molecule has 7 aromatic carbocycles. The molecule has 1 aliphatic heterocycles. The molecule has 0 radical (unpaired) electrons. The maximum atomic E-state index is 5.57. The van der Waals surface area contributed by atoms with Crippen LogP contribution in [-0.2, 0) is 10.8 Å². The summed E-state index contributed by atoms with van der Waals surface area (Å²) in [7, 11) is 0. The fourth-order valence-corrected chi connectivity index (χ4v) is 9.49. The van der Waals surface area contributed by atoms with Gasteiger partial charge in [0.05, 0.1) is 33.3 Å². The third-order valence-corrected chi connectivity index (χ3v) is 12.6. The molecule has 0 atom stereocenters.